The summed E-state index contributed by atoms with van der Waals surface area (Å²) in [6, 6.07) is 8.81. The number of benzene rings is 1. The zero-order chi connectivity index (χ0) is 20.8. The fourth-order valence-corrected chi connectivity index (χ4v) is 4.61. The molecule has 0 saturated carbocycles. The number of aliphatic hydroxyl groups is 1. The summed E-state index contributed by atoms with van der Waals surface area (Å²) in [4.78, 5) is 15.4. The van der Waals surface area contributed by atoms with Crippen LogP contribution >= 0.6 is 0 Å². The number of aromatic nitrogens is 2. The first kappa shape index (κ1) is 21.2. The molecule has 1 aromatic heterocycles. The van der Waals surface area contributed by atoms with Crippen LogP contribution in [0.2, 0.25) is 0 Å². The van der Waals surface area contributed by atoms with Gasteiger partial charge in [-0.05, 0) is 31.0 Å². The second kappa shape index (κ2) is 9.83. The third-order valence-corrected chi connectivity index (χ3v) is 5.95. The molecule has 30 heavy (non-hydrogen) atoms. The molecule has 1 N–H and O–H groups in total. The smallest absolute Gasteiger partial charge is 0.147 e. The average molecular weight is 412 g/mol. The fourth-order valence-electron chi connectivity index (χ4n) is 4.61. The summed E-state index contributed by atoms with van der Waals surface area (Å²) in [5, 5.41) is 11.3. The van der Waals surface area contributed by atoms with Crippen LogP contribution in [0.4, 0.5) is 5.82 Å². The van der Waals surface area contributed by atoms with Crippen LogP contribution in [0.5, 0.6) is 0 Å². The summed E-state index contributed by atoms with van der Waals surface area (Å²) >= 11 is 0. The highest BCUT2D eigenvalue weighted by Gasteiger charge is 2.34. The minimum Gasteiger partial charge on any atom is -0.387 e. The highest BCUT2D eigenvalue weighted by atomic mass is 16.5. The number of morpholine rings is 1. The van der Waals surface area contributed by atoms with E-state index in [-0.39, 0.29) is 0 Å². The third kappa shape index (κ3) is 5.76. The van der Waals surface area contributed by atoms with Crippen LogP contribution in [-0.2, 0) is 17.8 Å². The van der Waals surface area contributed by atoms with E-state index in [4.69, 9.17) is 4.74 Å². The Bertz CT molecular complexity index is 799. The quantitative estimate of drug-likeness (QED) is 0.745. The maximum absolute atomic E-state index is 11.3. The molecule has 2 saturated heterocycles. The van der Waals surface area contributed by atoms with Gasteiger partial charge >= 0.3 is 0 Å². The Labute approximate surface area is 179 Å². The Morgan fingerprint density at radius 1 is 1.17 bits per heavy atom. The Kier molecular flexibility index (Phi) is 6.94. The first-order valence-electron chi connectivity index (χ1n) is 10.9. The lowest BCUT2D eigenvalue weighted by Gasteiger charge is -2.41. The van der Waals surface area contributed by atoms with Gasteiger partial charge in [-0.15, -0.1) is 0 Å². The predicted octanol–water partition coefficient (Wildman–Crippen LogP) is 1.77. The van der Waals surface area contributed by atoms with Crippen LogP contribution in [-0.4, -0.2) is 83.5 Å². The lowest BCUT2D eigenvalue weighted by atomic mass is 9.92. The molecule has 2 fully saturated rings. The third-order valence-electron chi connectivity index (χ3n) is 5.95. The van der Waals surface area contributed by atoms with E-state index in [1.54, 1.807) is 18.6 Å². The molecule has 0 spiro atoms. The van der Waals surface area contributed by atoms with E-state index >= 15 is 0 Å². The zero-order valence-electron chi connectivity index (χ0n) is 17.9. The van der Waals surface area contributed by atoms with Crippen LogP contribution in [0, 0.1) is 0 Å². The van der Waals surface area contributed by atoms with Crippen molar-refractivity contribution in [1.29, 1.82) is 0 Å². The molecule has 0 amide bonds. The van der Waals surface area contributed by atoms with Gasteiger partial charge in [-0.1, -0.05) is 24.3 Å². The minimum absolute atomic E-state index is 0.590. The second-order valence-corrected chi connectivity index (χ2v) is 8.69. The molecule has 2 aliphatic rings. The van der Waals surface area contributed by atoms with Gasteiger partial charge in [0.05, 0.1) is 25.0 Å². The molecule has 4 rings (SSSR count). The number of β-amino-alcohol motifs (C(OH)–C–C–N with tert-alkyl or cyclic N) is 1. The molecule has 0 aliphatic carbocycles. The molecular weight excluding hydrogens is 378 g/mol. The Balaban J connectivity index is 1.33. The monoisotopic (exact) mass is 411 g/mol. The first-order valence-corrected chi connectivity index (χ1v) is 10.9. The topological polar surface area (TPSA) is 65.0 Å². The second-order valence-electron chi connectivity index (χ2n) is 8.69. The highest BCUT2D eigenvalue weighted by Crippen LogP contribution is 2.25. The number of hydrogen-bond acceptors (Lipinski definition) is 7. The molecule has 1 atom stereocenters. The van der Waals surface area contributed by atoms with Crippen molar-refractivity contribution in [3.8, 4) is 0 Å². The molecule has 7 heteroatoms. The van der Waals surface area contributed by atoms with Crippen molar-refractivity contribution in [3.63, 3.8) is 0 Å². The molecule has 0 unspecified atom stereocenters. The van der Waals surface area contributed by atoms with Gasteiger partial charge in [-0.25, -0.2) is 4.98 Å². The van der Waals surface area contributed by atoms with Crippen LogP contribution < -0.4 is 4.90 Å². The maximum atomic E-state index is 11.3. The molecule has 0 radical (unpaired) electrons. The number of likely N-dealkylation sites (N-methyl/N-ethyl adjacent to an activating group) is 1. The normalized spacial score (nSPS) is 23.1. The van der Waals surface area contributed by atoms with Gasteiger partial charge in [0.25, 0.3) is 0 Å². The summed E-state index contributed by atoms with van der Waals surface area (Å²) in [6.07, 6.45) is 6.93. The Morgan fingerprint density at radius 3 is 2.80 bits per heavy atom. The SMILES string of the molecule is CN(Cc1cccc(CN2CCOCC2)c1)C[C@@]1(O)CCCN(c2cnccn2)C1. The van der Waals surface area contributed by atoms with E-state index in [0.29, 0.717) is 13.1 Å². The van der Waals surface area contributed by atoms with Crippen molar-refractivity contribution in [3.05, 3.63) is 54.0 Å². The number of hydrogen-bond donors (Lipinski definition) is 1. The van der Waals surface area contributed by atoms with Crippen molar-refractivity contribution >= 4 is 5.82 Å². The van der Waals surface area contributed by atoms with Crippen molar-refractivity contribution < 1.29 is 9.84 Å². The largest absolute Gasteiger partial charge is 0.387 e. The summed E-state index contributed by atoms with van der Waals surface area (Å²) in [5.41, 5.74) is 1.89. The Morgan fingerprint density at radius 2 is 2.00 bits per heavy atom. The maximum Gasteiger partial charge on any atom is 0.147 e. The molecule has 2 aliphatic heterocycles. The summed E-state index contributed by atoms with van der Waals surface area (Å²) in [7, 11) is 2.09. The molecule has 162 valence electrons. The molecule has 2 aromatic rings. The van der Waals surface area contributed by atoms with E-state index in [2.05, 4.69) is 56.0 Å². The summed E-state index contributed by atoms with van der Waals surface area (Å²) in [6.45, 7) is 7.58. The van der Waals surface area contributed by atoms with Gasteiger partial charge in [-0.2, -0.15) is 0 Å². The zero-order valence-corrected chi connectivity index (χ0v) is 17.9. The summed E-state index contributed by atoms with van der Waals surface area (Å²) in [5.74, 6) is 0.842. The van der Waals surface area contributed by atoms with Crippen LogP contribution in [0.25, 0.3) is 0 Å². The fraction of sp³-hybridized carbons (Fsp3) is 0.565. The van der Waals surface area contributed by atoms with Gasteiger partial charge in [0, 0.05) is 58.2 Å². The molecular formula is C23H33N5O2. The summed E-state index contributed by atoms with van der Waals surface area (Å²) < 4.78 is 5.45. The standard InChI is InChI=1S/C23H33N5O2/c1-26(16-20-4-2-5-21(14-20)17-27-10-12-30-13-11-27)18-23(29)6-3-9-28(19-23)22-15-24-7-8-25-22/h2,4-5,7-8,14-15,29H,3,6,9-13,16-19H2,1H3/t23-/m0/s1. The molecule has 0 bridgehead atoms. The van der Waals surface area contributed by atoms with Gasteiger partial charge in [0.1, 0.15) is 5.82 Å². The van der Waals surface area contributed by atoms with E-state index in [1.165, 1.54) is 11.1 Å². The number of ether oxygens (including phenoxy) is 1. The Hall–Kier alpha value is -2.06. The minimum atomic E-state index is -0.740. The first-order chi connectivity index (χ1) is 14.6. The van der Waals surface area contributed by atoms with Crippen molar-refractivity contribution in [2.45, 2.75) is 31.5 Å². The van der Waals surface area contributed by atoms with Crippen molar-refractivity contribution in [1.82, 2.24) is 19.8 Å². The van der Waals surface area contributed by atoms with Gasteiger partial charge in [-0.3, -0.25) is 14.8 Å². The van der Waals surface area contributed by atoms with E-state index in [0.717, 1.165) is 64.6 Å². The number of rotatable bonds is 7. The lowest BCUT2D eigenvalue weighted by molar-refractivity contribution is -0.00349. The number of nitrogens with zero attached hydrogens (tertiary/aromatic N) is 5. The van der Waals surface area contributed by atoms with Crippen molar-refractivity contribution in [2.75, 3.05) is 57.9 Å². The van der Waals surface area contributed by atoms with Gasteiger partial charge in [0.15, 0.2) is 0 Å². The van der Waals surface area contributed by atoms with Crippen LogP contribution in [0.3, 0.4) is 0 Å². The van der Waals surface area contributed by atoms with Crippen LogP contribution in [0.15, 0.2) is 42.9 Å². The lowest BCUT2D eigenvalue weighted by Crippen LogP contribution is -2.54. The van der Waals surface area contributed by atoms with Gasteiger partial charge in [0.2, 0.25) is 0 Å². The number of piperidine rings is 1. The molecule has 1 aromatic carbocycles. The number of anilines is 1. The molecule has 3 heterocycles. The van der Waals surface area contributed by atoms with Crippen LogP contribution in [0.1, 0.15) is 24.0 Å². The van der Waals surface area contributed by atoms with E-state index < -0.39 is 5.60 Å². The van der Waals surface area contributed by atoms with E-state index in [1.807, 2.05) is 0 Å². The predicted molar refractivity (Wildman–Crippen MR) is 117 cm³/mol. The molecule has 7 nitrogen and oxygen atoms in total. The van der Waals surface area contributed by atoms with E-state index in [9.17, 15) is 5.11 Å². The highest BCUT2D eigenvalue weighted by molar-refractivity contribution is 5.36. The van der Waals surface area contributed by atoms with Crippen molar-refractivity contribution in [2.24, 2.45) is 0 Å². The van der Waals surface area contributed by atoms with Gasteiger partial charge < -0.3 is 14.7 Å². The average Bonchev–Trinajstić information content (AvgIpc) is 2.75.